The molecule has 3 aromatic rings. The topological polar surface area (TPSA) is 20.2 Å². The van der Waals surface area contributed by atoms with Crippen LogP contribution in [-0.2, 0) is 0 Å². The van der Waals surface area contributed by atoms with Gasteiger partial charge >= 0.3 is 0 Å². The van der Waals surface area contributed by atoms with Crippen LogP contribution in [-0.4, -0.2) is 5.11 Å². The van der Waals surface area contributed by atoms with Crippen LogP contribution in [0.1, 0.15) is 17.2 Å². The molecule has 18 heavy (non-hydrogen) atoms. The van der Waals surface area contributed by atoms with Crippen LogP contribution >= 0.6 is 11.3 Å². The molecular formula is C15H11FOS. The molecule has 0 aliphatic heterocycles. The van der Waals surface area contributed by atoms with Crippen molar-refractivity contribution in [3.05, 3.63) is 70.2 Å². The molecule has 0 aliphatic carbocycles. The van der Waals surface area contributed by atoms with Crippen LogP contribution in [0.5, 0.6) is 0 Å². The molecule has 0 amide bonds. The number of aliphatic hydroxyl groups excluding tert-OH is 1. The average Bonchev–Trinajstić information content (AvgIpc) is 2.93. The highest BCUT2D eigenvalue weighted by molar-refractivity contribution is 7.08. The number of hydrogen-bond donors (Lipinski definition) is 1. The van der Waals surface area contributed by atoms with E-state index in [-0.39, 0.29) is 5.82 Å². The fourth-order valence-corrected chi connectivity index (χ4v) is 2.81. The van der Waals surface area contributed by atoms with Crippen molar-refractivity contribution in [2.24, 2.45) is 0 Å². The molecule has 0 saturated heterocycles. The van der Waals surface area contributed by atoms with Crippen LogP contribution in [0, 0.1) is 5.82 Å². The second-order valence-electron chi connectivity index (χ2n) is 4.14. The SMILES string of the molecule is O[C@H](c1ccsc1)c1ccc(F)c2ccccc12. The summed E-state index contributed by atoms with van der Waals surface area (Å²) in [6, 6.07) is 12.2. The van der Waals surface area contributed by atoms with E-state index in [1.807, 2.05) is 29.0 Å². The minimum atomic E-state index is -0.707. The van der Waals surface area contributed by atoms with Crippen LogP contribution in [0.2, 0.25) is 0 Å². The fourth-order valence-electron chi connectivity index (χ4n) is 2.13. The smallest absolute Gasteiger partial charge is 0.131 e. The Morgan fingerprint density at radius 3 is 2.50 bits per heavy atom. The Labute approximate surface area is 108 Å². The summed E-state index contributed by atoms with van der Waals surface area (Å²) in [7, 11) is 0. The van der Waals surface area contributed by atoms with Crippen LogP contribution in [0.25, 0.3) is 10.8 Å². The molecule has 3 heteroatoms. The van der Waals surface area contributed by atoms with Crippen molar-refractivity contribution >= 4 is 22.1 Å². The molecule has 0 bridgehead atoms. The van der Waals surface area contributed by atoms with Crippen LogP contribution in [0.3, 0.4) is 0 Å². The van der Waals surface area contributed by atoms with Gasteiger partial charge in [0.15, 0.2) is 0 Å². The number of halogens is 1. The van der Waals surface area contributed by atoms with Crippen molar-refractivity contribution in [2.45, 2.75) is 6.10 Å². The Kier molecular flexibility index (Phi) is 2.86. The zero-order valence-corrected chi connectivity index (χ0v) is 10.3. The summed E-state index contributed by atoms with van der Waals surface area (Å²) >= 11 is 1.54. The fraction of sp³-hybridized carbons (Fsp3) is 0.0667. The Morgan fingerprint density at radius 2 is 1.78 bits per heavy atom. The Bertz CT molecular complexity index is 676. The van der Waals surface area contributed by atoms with Gasteiger partial charge in [-0.05, 0) is 39.4 Å². The van der Waals surface area contributed by atoms with Crippen LogP contribution in [0.15, 0.2) is 53.2 Å². The summed E-state index contributed by atoms with van der Waals surface area (Å²) in [4.78, 5) is 0. The van der Waals surface area contributed by atoms with E-state index >= 15 is 0 Å². The highest BCUT2D eigenvalue weighted by Gasteiger charge is 2.15. The van der Waals surface area contributed by atoms with E-state index in [2.05, 4.69) is 0 Å². The molecule has 0 spiro atoms. The van der Waals surface area contributed by atoms with E-state index in [9.17, 15) is 9.50 Å². The lowest BCUT2D eigenvalue weighted by atomic mass is 9.97. The van der Waals surface area contributed by atoms with Crippen molar-refractivity contribution in [3.63, 3.8) is 0 Å². The first kappa shape index (κ1) is 11.4. The maximum atomic E-state index is 13.7. The average molecular weight is 258 g/mol. The van der Waals surface area contributed by atoms with Gasteiger partial charge in [0, 0.05) is 5.39 Å². The van der Waals surface area contributed by atoms with Gasteiger partial charge in [0.05, 0.1) is 0 Å². The molecule has 1 atom stereocenters. The zero-order valence-electron chi connectivity index (χ0n) is 9.51. The van der Waals surface area contributed by atoms with Gasteiger partial charge in [-0.2, -0.15) is 11.3 Å². The lowest BCUT2D eigenvalue weighted by Gasteiger charge is -2.13. The third-order valence-electron chi connectivity index (χ3n) is 3.06. The molecule has 1 aromatic heterocycles. The first-order valence-corrected chi connectivity index (χ1v) is 6.59. The predicted octanol–water partition coefficient (Wildman–Crippen LogP) is 4.12. The molecule has 0 radical (unpaired) electrons. The highest BCUT2D eigenvalue weighted by atomic mass is 32.1. The van der Waals surface area contributed by atoms with E-state index in [0.717, 1.165) is 16.5 Å². The van der Waals surface area contributed by atoms with Crippen molar-refractivity contribution in [1.29, 1.82) is 0 Å². The van der Waals surface area contributed by atoms with Gasteiger partial charge in [0.2, 0.25) is 0 Å². The zero-order chi connectivity index (χ0) is 12.5. The van der Waals surface area contributed by atoms with E-state index in [0.29, 0.717) is 5.39 Å². The van der Waals surface area contributed by atoms with Crippen molar-refractivity contribution < 1.29 is 9.50 Å². The minimum Gasteiger partial charge on any atom is -0.384 e. The molecule has 0 unspecified atom stereocenters. The lowest BCUT2D eigenvalue weighted by Crippen LogP contribution is -1.99. The third-order valence-corrected chi connectivity index (χ3v) is 3.76. The monoisotopic (exact) mass is 258 g/mol. The highest BCUT2D eigenvalue weighted by Crippen LogP contribution is 2.31. The van der Waals surface area contributed by atoms with Gasteiger partial charge in [0.1, 0.15) is 11.9 Å². The summed E-state index contributed by atoms with van der Waals surface area (Å²) in [6.07, 6.45) is -0.707. The molecule has 0 saturated carbocycles. The van der Waals surface area contributed by atoms with E-state index in [1.54, 1.807) is 18.2 Å². The third kappa shape index (κ3) is 1.82. The second kappa shape index (κ2) is 4.52. The summed E-state index contributed by atoms with van der Waals surface area (Å²) < 4.78 is 13.7. The molecular weight excluding hydrogens is 247 g/mol. The van der Waals surface area contributed by atoms with E-state index in [4.69, 9.17) is 0 Å². The summed E-state index contributed by atoms with van der Waals surface area (Å²) in [5, 5.41) is 15.5. The van der Waals surface area contributed by atoms with E-state index in [1.165, 1.54) is 17.4 Å². The van der Waals surface area contributed by atoms with Gasteiger partial charge in [-0.15, -0.1) is 0 Å². The first-order chi connectivity index (χ1) is 8.77. The van der Waals surface area contributed by atoms with Crippen LogP contribution in [0.4, 0.5) is 4.39 Å². The molecule has 90 valence electrons. The summed E-state index contributed by atoms with van der Waals surface area (Å²) in [5.41, 5.74) is 1.59. The molecule has 1 nitrogen and oxygen atoms in total. The Balaban J connectivity index is 2.21. The Morgan fingerprint density at radius 1 is 1.00 bits per heavy atom. The van der Waals surface area contributed by atoms with Gasteiger partial charge < -0.3 is 5.11 Å². The largest absolute Gasteiger partial charge is 0.384 e. The number of rotatable bonds is 2. The molecule has 1 heterocycles. The van der Waals surface area contributed by atoms with Gasteiger partial charge in [0.25, 0.3) is 0 Å². The summed E-state index contributed by atoms with van der Waals surface area (Å²) in [6.45, 7) is 0. The normalized spacial score (nSPS) is 12.8. The number of thiophene rings is 1. The quantitative estimate of drug-likeness (QED) is 0.733. The number of hydrogen-bond acceptors (Lipinski definition) is 2. The molecule has 3 rings (SSSR count). The number of benzene rings is 2. The Hall–Kier alpha value is -1.71. The number of fused-ring (bicyclic) bond motifs is 1. The molecule has 2 aromatic carbocycles. The van der Waals surface area contributed by atoms with Gasteiger partial charge in [-0.3, -0.25) is 0 Å². The van der Waals surface area contributed by atoms with E-state index < -0.39 is 6.10 Å². The number of aliphatic hydroxyl groups is 1. The maximum Gasteiger partial charge on any atom is 0.131 e. The summed E-state index contributed by atoms with van der Waals surface area (Å²) in [5.74, 6) is -0.258. The first-order valence-electron chi connectivity index (χ1n) is 5.64. The van der Waals surface area contributed by atoms with Crippen molar-refractivity contribution in [2.75, 3.05) is 0 Å². The molecule has 0 aliphatic rings. The molecule has 0 fully saturated rings. The minimum absolute atomic E-state index is 0.258. The van der Waals surface area contributed by atoms with Gasteiger partial charge in [-0.1, -0.05) is 30.3 Å². The standard InChI is InChI=1S/C15H11FOS/c16-14-6-5-13(11-3-1-2-4-12(11)14)15(17)10-7-8-18-9-10/h1-9,15,17H/t15-/m1/s1. The van der Waals surface area contributed by atoms with Gasteiger partial charge in [-0.25, -0.2) is 4.39 Å². The van der Waals surface area contributed by atoms with Crippen molar-refractivity contribution in [1.82, 2.24) is 0 Å². The molecule has 1 N–H and O–H groups in total. The second-order valence-corrected chi connectivity index (χ2v) is 4.92. The maximum absolute atomic E-state index is 13.7. The lowest BCUT2D eigenvalue weighted by molar-refractivity contribution is 0.222. The predicted molar refractivity (Wildman–Crippen MR) is 72.3 cm³/mol. The van der Waals surface area contributed by atoms with Crippen molar-refractivity contribution in [3.8, 4) is 0 Å². The van der Waals surface area contributed by atoms with Crippen LogP contribution < -0.4 is 0 Å².